The van der Waals surface area contributed by atoms with Crippen LogP contribution >= 0.6 is 0 Å². The van der Waals surface area contributed by atoms with Crippen molar-refractivity contribution >= 4 is 17.3 Å². The SMILES string of the molecule is C[C@H]1CCN(c2cc(-c3ccccc3O)nnc2N)CCN1c1ccc(C#N)c(C#CCN(C)CC(F)(F)F)n1. The number of phenolic OH excluding ortho intramolecular Hbond substituents is 1. The lowest BCUT2D eigenvalue weighted by molar-refractivity contribution is -0.141. The van der Waals surface area contributed by atoms with E-state index in [1.807, 2.05) is 12.1 Å². The Balaban J connectivity index is 1.54. The van der Waals surface area contributed by atoms with Crippen LogP contribution in [0.25, 0.3) is 11.3 Å². The van der Waals surface area contributed by atoms with Crippen LogP contribution in [0.2, 0.25) is 0 Å². The quantitative estimate of drug-likeness (QED) is 0.459. The Labute approximate surface area is 230 Å². The van der Waals surface area contributed by atoms with Gasteiger partial charge in [0.25, 0.3) is 0 Å². The minimum Gasteiger partial charge on any atom is -0.507 e. The molecule has 0 spiro atoms. The van der Waals surface area contributed by atoms with E-state index in [-0.39, 0.29) is 35.4 Å². The highest BCUT2D eigenvalue weighted by atomic mass is 19.4. The molecule has 0 bridgehead atoms. The highest BCUT2D eigenvalue weighted by Gasteiger charge is 2.29. The second-order valence-corrected chi connectivity index (χ2v) is 9.60. The average Bonchev–Trinajstić information content (AvgIpc) is 3.10. The maximum absolute atomic E-state index is 12.6. The van der Waals surface area contributed by atoms with Crippen LogP contribution in [-0.4, -0.2) is 77.2 Å². The van der Waals surface area contributed by atoms with Gasteiger partial charge in [-0.2, -0.15) is 18.4 Å². The zero-order chi connectivity index (χ0) is 28.9. The lowest BCUT2D eigenvalue weighted by Gasteiger charge is -2.28. The first-order chi connectivity index (χ1) is 19.1. The van der Waals surface area contributed by atoms with Crippen molar-refractivity contribution in [3.63, 3.8) is 0 Å². The van der Waals surface area contributed by atoms with Crippen molar-refractivity contribution in [2.24, 2.45) is 0 Å². The first-order valence-electron chi connectivity index (χ1n) is 12.6. The number of aromatic nitrogens is 3. The van der Waals surface area contributed by atoms with Gasteiger partial charge in [-0.1, -0.05) is 18.1 Å². The normalized spacial score (nSPS) is 15.8. The summed E-state index contributed by atoms with van der Waals surface area (Å²) in [4.78, 5) is 9.88. The van der Waals surface area contributed by atoms with Gasteiger partial charge in [0.05, 0.1) is 30.0 Å². The number of hydrogen-bond donors (Lipinski definition) is 2. The van der Waals surface area contributed by atoms with Gasteiger partial charge in [-0.05, 0) is 56.6 Å². The maximum atomic E-state index is 12.6. The van der Waals surface area contributed by atoms with E-state index in [4.69, 9.17) is 5.73 Å². The topological polar surface area (TPSA) is 118 Å². The van der Waals surface area contributed by atoms with Crippen molar-refractivity contribution in [2.45, 2.75) is 25.6 Å². The molecule has 1 atom stereocenters. The standard InChI is InChI=1S/C28H29F3N8O/c1-19-11-13-38(24-16-23(35-36-27(24)33)21-6-3-4-8-25(21)40)14-15-39(19)26-10-9-20(17-32)22(34-26)7-5-12-37(2)18-28(29,30)31/h3-4,6,8-10,16,19,40H,11-15,18H2,1-2H3,(H2,33,36)/t19-/m0/s1. The van der Waals surface area contributed by atoms with Gasteiger partial charge >= 0.3 is 6.18 Å². The van der Waals surface area contributed by atoms with E-state index < -0.39 is 12.7 Å². The highest BCUT2D eigenvalue weighted by Crippen LogP contribution is 2.32. The summed E-state index contributed by atoms with van der Waals surface area (Å²) in [5, 5.41) is 28.1. The maximum Gasteiger partial charge on any atom is 0.401 e. The molecule has 3 aromatic rings. The molecule has 0 unspecified atom stereocenters. The zero-order valence-electron chi connectivity index (χ0n) is 22.2. The van der Waals surface area contributed by atoms with Gasteiger partial charge in [-0.3, -0.25) is 4.90 Å². The number of benzene rings is 1. The van der Waals surface area contributed by atoms with E-state index in [2.05, 4.69) is 49.8 Å². The Hall–Kier alpha value is -4.55. The molecule has 0 radical (unpaired) electrons. The lowest BCUT2D eigenvalue weighted by atomic mass is 10.1. The fourth-order valence-corrected chi connectivity index (χ4v) is 4.52. The number of anilines is 3. The van der Waals surface area contributed by atoms with Gasteiger partial charge in [-0.25, -0.2) is 4.98 Å². The number of pyridine rings is 1. The monoisotopic (exact) mass is 550 g/mol. The van der Waals surface area contributed by atoms with Crippen molar-refractivity contribution in [1.29, 1.82) is 5.26 Å². The first kappa shape index (κ1) is 28.5. The number of halogens is 3. The number of nitrogens with two attached hydrogens (primary N) is 1. The van der Waals surface area contributed by atoms with Crippen molar-refractivity contribution in [3.05, 3.63) is 53.7 Å². The van der Waals surface area contributed by atoms with Gasteiger partial charge < -0.3 is 20.6 Å². The summed E-state index contributed by atoms with van der Waals surface area (Å²) in [6, 6.07) is 14.2. The minimum absolute atomic E-state index is 0.0813. The summed E-state index contributed by atoms with van der Waals surface area (Å²) in [5.41, 5.74) is 8.46. The number of nitrogens with zero attached hydrogens (tertiary/aromatic N) is 7. The molecule has 1 aliphatic rings. The number of para-hydroxylation sites is 1. The third-order valence-electron chi connectivity index (χ3n) is 6.58. The molecule has 3 heterocycles. The average molecular weight is 551 g/mol. The molecule has 40 heavy (non-hydrogen) atoms. The number of hydrogen-bond acceptors (Lipinski definition) is 9. The molecule has 1 saturated heterocycles. The van der Waals surface area contributed by atoms with Gasteiger partial charge in [0.15, 0.2) is 5.82 Å². The summed E-state index contributed by atoms with van der Waals surface area (Å²) >= 11 is 0. The number of phenols is 1. The third-order valence-corrected chi connectivity index (χ3v) is 6.58. The van der Waals surface area contributed by atoms with E-state index in [9.17, 15) is 23.5 Å². The summed E-state index contributed by atoms with van der Waals surface area (Å²) < 4.78 is 37.8. The Morgan fingerprint density at radius 1 is 1.15 bits per heavy atom. The van der Waals surface area contributed by atoms with Gasteiger partial charge in [0, 0.05) is 31.2 Å². The fourth-order valence-electron chi connectivity index (χ4n) is 4.52. The number of nitrogen functional groups attached to an aromatic ring is 1. The van der Waals surface area contributed by atoms with Crippen LogP contribution in [0.5, 0.6) is 5.75 Å². The second-order valence-electron chi connectivity index (χ2n) is 9.60. The molecule has 9 nitrogen and oxygen atoms in total. The van der Waals surface area contributed by atoms with Gasteiger partial charge in [0.2, 0.25) is 0 Å². The summed E-state index contributed by atoms with van der Waals surface area (Å²) in [5.74, 6) is 6.48. The van der Waals surface area contributed by atoms with Crippen LogP contribution in [0.4, 0.5) is 30.5 Å². The number of nitriles is 1. The zero-order valence-corrected chi connectivity index (χ0v) is 22.2. The number of rotatable bonds is 5. The van der Waals surface area contributed by atoms with E-state index in [1.54, 1.807) is 30.3 Å². The van der Waals surface area contributed by atoms with E-state index in [0.717, 1.165) is 11.3 Å². The molecule has 4 rings (SSSR count). The van der Waals surface area contributed by atoms with Crippen molar-refractivity contribution in [1.82, 2.24) is 20.1 Å². The largest absolute Gasteiger partial charge is 0.507 e. The van der Waals surface area contributed by atoms with Crippen LogP contribution in [0.15, 0.2) is 42.5 Å². The van der Waals surface area contributed by atoms with Crippen LogP contribution in [0.3, 0.4) is 0 Å². The Bertz CT molecular complexity index is 1460. The summed E-state index contributed by atoms with van der Waals surface area (Å²) in [7, 11) is 1.33. The highest BCUT2D eigenvalue weighted by molar-refractivity contribution is 5.74. The van der Waals surface area contributed by atoms with Gasteiger partial charge in [-0.15, -0.1) is 10.2 Å². The van der Waals surface area contributed by atoms with E-state index in [1.165, 1.54) is 7.05 Å². The second kappa shape index (κ2) is 12.1. The fraction of sp³-hybridized carbons (Fsp3) is 0.357. The smallest absolute Gasteiger partial charge is 0.401 e. The van der Waals surface area contributed by atoms with E-state index >= 15 is 0 Å². The molecule has 12 heteroatoms. The van der Waals surface area contributed by atoms with Crippen molar-refractivity contribution < 1.29 is 18.3 Å². The molecule has 2 aromatic heterocycles. The van der Waals surface area contributed by atoms with Crippen LogP contribution in [-0.2, 0) is 0 Å². The first-order valence-corrected chi connectivity index (χ1v) is 12.6. The Morgan fingerprint density at radius 3 is 2.65 bits per heavy atom. The molecule has 0 aliphatic carbocycles. The molecule has 0 amide bonds. The van der Waals surface area contributed by atoms with Crippen LogP contribution < -0.4 is 15.5 Å². The lowest BCUT2D eigenvalue weighted by Crippen LogP contribution is -2.35. The molecular formula is C28H29F3N8O. The molecule has 1 fully saturated rings. The predicted octanol–water partition coefficient (Wildman–Crippen LogP) is 3.65. The van der Waals surface area contributed by atoms with Crippen LogP contribution in [0.1, 0.15) is 24.6 Å². The predicted molar refractivity (Wildman–Crippen MR) is 147 cm³/mol. The van der Waals surface area contributed by atoms with Crippen molar-refractivity contribution in [2.75, 3.05) is 55.3 Å². The molecule has 0 saturated carbocycles. The van der Waals surface area contributed by atoms with E-state index in [0.29, 0.717) is 42.4 Å². The number of alkyl halides is 3. The summed E-state index contributed by atoms with van der Waals surface area (Å²) in [6.07, 6.45) is -3.55. The minimum atomic E-state index is -4.31. The Kier molecular flexibility index (Phi) is 8.61. The van der Waals surface area contributed by atoms with Gasteiger partial charge in [0.1, 0.15) is 23.3 Å². The molecular weight excluding hydrogens is 521 g/mol. The number of aromatic hydroxyl groups is 1. The third kappa shape index (κ3) is 6.90. The van der Waals surface area contributed by atoms with Crippen LogP contribution in [0, 0.1) is 23.2 Å². The Morgan fingerprint density at radius 2 is 1.93 bits per heavy atom. The molecule has 3 N–H and O–H groups in total. The molecule has 208 valence electrons. The van der Waals surface area contributed by atoms with Crippen molar-refractivity contribution in [3.8, 4) is 34.9 Å². The summed E-state index contributed by atoms with van der Waals surface area (Å²) in [6.45, 7) is 2.73. The molecule has 1 aliphatic heterocycles. The molecule has 1 aromatic carbocycles.